The Labute approximate surface area is 111 Å². The number of rotatable bonds is 6. The van der Waals surface area contributed by atoms with Gasteiger partial charge in [-0.3, -0.25) is 4.90 Å². The minimum Gasteiger partial charge on any atom is -0.427 e. The first-order valence-electron chi connectivity index (χ1n) is 7.11. The molecular formula is C13H28BNO3. The third-order valence-corrected chi connectivity index (χ3v) is 3.79. The van der Waals surface area contributed by atoms with Gasteiger partial charge in [0.2, 0.25) is 0 Å². The monoisotopic (exact) mass is 257 g/mol. The SMILES string of the molecule is CC(C)C[C@@H]([C@H](B(O)O)C(C)C)N1CCOCC1. The van der Waals surface area contributed by atoms with Crippen LogP contribution < -0.4 is 0 Å². The Hall–Kier alpha value is -0.0951. The Balaban J connectivity index is 2.79. The average molecular weight is 257 g/mol. The molecule has 5 heteroatoms. The van der Waals surface area contributed by atoms with Crippen molar-refractivity contribution in [2.75, 3.05) is 26.3 Å². The highest BCUT2D eigenvalue weighted by molar-refractivity contribution is 6.43. The first kappa shape index (κ1) is 16.0. The molecule has 1 rings (SSSR count). The first-order chi connectivity index (χ1) is 8.43. The molecule has 0 radical (unpaired) electrons. The Bertz CT molecular complexity index is 222. The Morgan fingerprint density at radius 1 is 1.11 bits per heavy atom. The normalized spacial score (nSPS) is 21.3. The molecule has 1 aliphatic heterocycles. The summed E-state index contributed by atoms with van der Waals surface area (Å²) in [5.74, 6) is 0.722. The first-order valence-corrected chi connectivity index (χ1v) is 7.11. The topological polar surface area (TPSA) is 52.9 Å². The molecular weight excluding hydrogens is 229 g/mol. The highest BCUT2D eigenvalue weighted by Crippen LogP contribution is 2.32. The maximum absolute atomic E-state index is 9.69. The average Bonchev–Trinajstić information content (AvgIpc) is 2.27. The zero-order valence-electron chi connectivity index (χ0n) is 12.2. The summed E-state index contributed by atoms with van der Waals surface area (Å²) in [5.41, 5.74) is 0. The molecule has 0 bridgehead atoms. The van der Waals surface area contributed by atoms with Gasteiger partial charge in [0.25, 0.3) is 0 Å². The Morgan fingerprint density at radius 2 is 1.67 bits per heavy atom. The smallest absolute Gasteiger partial charge is 0.427 e. The van der Waals surface area contributed by atoms with Crippen LogP contribution in [0, 0.1) is 11.8 Å². The van der Waals surface area contributed by atoms with Gasteiger partial charge in [0.15, 0.2) is 0 Å². The van der Waals surface area contributed by atoms with Crippen LogP contribution in [-0.4, -0.2) is 54.4 Å². The van der Waals surface area contributed by atoms with E-state index < -0.39 is 7.12 Å². The summed E-state index contributed by atoms with van der Waals surface area (Å²) in [6, 6.07) is 0.230. The lowest BCUT2D eigenvalue weighted by Crippen LogP contribution is -2.50. The van der Waals surface area contributed by atoms with Gasteiger partial charge in [-0.05, 0) is 18.3 Å². The summed E-state index contributed by atoms with van der Waals surface area (Å²) >= 11 is 0. The van der Waals surface area contributed by atoms with Crippen LogP contribution in [0.4, 0.5) is 0 Å². The van der Waals surface area contributed by atoms with E-state index in [1.165, 1.54) is 0 Å². The van der Waals surface area contributed by atoms with Crippen LogP contribution >= 0.6 is 0 Å². The van der Waals surface area contributed by atoms with E-state index in [0.717, 1.165) is 32.7 Å². The number of hydrogen-bond donors (Lipinski definition) is 2. The van der Waals surface area contributed by atoms with Crippen molar-refractivity contribution in [3.05, 3.63) is 0 Å². The highest BCUT2D eigenvalue weighted by atomic mass is 16.5. The minimum atomic E-state index is -1.24. The second-order valence-electron chi connectivity index (χ2n) is 6.08. The van der Waals surface area contributed by atoms with E-state index in [1.54, 1.807) is 0 Å². The van der Waals surface area contributed by atoms with Crippen molar-refractivity contribution in [3.63, 3.8) is 0 Å². The van der Waals surface area contributed by atoms with Gasteiger partial charge in [-0.15, -0.1) is 0 Å². The van der Waals surface area contributed by atoms with Crippen molar-refractivity contribution in [3.8, 4) is 0 Å². The van der Waals surface area contributed by atoms with Gasteiger partial charge in [0.1, 0.15) is 0 Å². The summed E-state index contributed by atoms with van der Waals surface area (Å²) in [6.07, 6.45) is 1.00. The van der Waals surface area contributed by atoms with Gasteiger partial charge in [-0.2, -0.15) is 0 Å². The molecule has 2 N–H and O–H groups in total. The number of nitrogens with zero attached hydrogens (tertiary/aromatic N) is 1. The van der Waals surface area contributed by atoms with Gasteiger partial charge < -0.3 is 14.8 Å². The Morgan fingerprint density at radius 3 is 2.06 bits per heavy atom. The molecule has 0 unspecified atom stereocenters. The molecule has 0 saturated carbocycles. The fourth-order valence-electron chi connectivity index (χ4n) is 2.93. The third kappa shape index (κ3) is 4.54. The van der Waals surface area contributed by atoms with Gasteiger partial charge in [-0.25, -0.2) is 0 Å². The van der Waals surface area contributed by atoms with Crippen molar-refractivity contribution < 1.29 is 14.8 Å². The fourth-order valence-corrected chi connectivity index (χ4v) is 2.93. The van der Waals surface area contributed by atoms with Gasteiger partial charge in [0, 0.05) is 24.9 Å². The van der Waals surface area contributed by atoms with Crippen LogP contribution in [-0.2, 0) is 4.74 Å². The molecule has 1 heterocycles. The predicted molar refractivity (Wildman–Crippen MR) is 74.4 cm³/mol. The molecule has 0 spiro atoms. The second kappa shape index (κ2) is 7.48. The molecule has 0 aromatic rings. The van der Waals surface area contributed by atoms with Crippen molar-refractivity contribution in [1.82, 2.24) is 4.90 Å². The van der Waals surface area contributed by atoms with Crippen LogP contribution in [0.15, 0.2) is 0 Å². The molecule has 1 aliphatic rings. The van der Waals surface area contributed by atoms with Gasteiger partial charge in [0.05, 0.1) is 13.2 Å². The molecule has 1 saturated heterocycles. The molecule has 0 aromatic heterocycles. The van der Waals surface area contributed by atoms with Crippen LogP contribution in [0.5, 0.6) is 0 Å². The lowest BCUT2D eigenvalue weighted by molar-refractivity contribution is 0.00508. The number of hydrogen-bond acceptors (Lipinski definition) is 4. The zero-order valence-corrected chi connectivity index (χ0v) is 12.2. The lowest BCUT2D eigenvalue weighted by atomic mass is 9.61. The van der Waals surface area contributed by atoms with Crippen LogP contribution in [0.2, 0.25) is 5.82 Å². The number of morpholine rings is 1. The molecule has 0 aliphatic carbocycles. The highest BCUT2D eigenvalue weighted by Gasteiger charge is 2.38. The summed E-state index contributed by atoms with van der Waals surface area (Å²) in [5, 5.41) is 19.4. The van der Waals surface area contributed by atoms with E-state index in [1.807, 2.05) is 0 Å². The zero-order chi connectivity index (χ0) is 13.7. The molecule has 18 heavy (non-hydrogen) atoms. The minimum absolute atomic E-state index is 0.0921. The van der Waals surface area contributed by atoms with Crippen molar-refractivity contribution in [2.24, 2.45) is 11.8 Å². The van der Waals surface area contributed by atoms with E-state index in [2.05, 4.69) is 32.6 Å². The molecule has 1 fully saturated rings. The van der Waals surface area contributed by atoms with Gasteiger partial charge in [-0.1, -0.05) is 27.7 Å². The molecule has 0 amide bonds. The summed E-state index contributed by atoms with van der Waals surface area (Å²) in [6.45, 7) is 11.8. The predicted octanol–water partition coefficient (Wildman–Crippen LogP) is 1.23. The van der Waals surface area contributed by atoms with E-state index in [0.29, 0.717) is 5.92 Å². The van der Waals surface area contributed by atoms with Crippen LogP contribution in [0.25, 0.3) is 0 Å². The van der Waals surface area contributed by atoms with Crippen LogP contribution in [0.1, 0.15) is 34.1 Å². The van der Waals surface area contributed by atoms with E-state index in [-0.39, 0.29) is 17.8 Å². The summed E-state index contributed by atoms with van der Waals surface area (Å²) in [4.78, 5) is 2.37. The van der Waals surface area contributed by atoms with Crippen molar-refractivity contribution in [1.29, 1.82) is 0 Å². The maximum Gasteiger partial charge on any atom is 0.456 e. The standard InChI is InChI=1S/C13H28BNO3/c1-10(2)9-12(13(11(3)4)14(16)17)15-5-7-18-8-6-15/h10-13,16-17H,5-9H2,1-4H3/t12-,13+/m0/s1. The van der Waals surface area contributed by atoms with Crippen molar-refractivity contribution in [2.45, 2.75) is 46.0 Å². The number of ether oxygens (including phenoxy) is 1. The third-order valence-electron chi connectivity index (χ3n) is 3.79. The quantitative estimate of drug-likeness (QED) is 0.703. The van der Waals surface area contributed by atoms with Crippen LogP contribution in [0.3, 0.4) is 0 Å². The fraction of sp³-hybridized carbons (Fsp3) is 1.00. The summed E-state index contributed by atoms with van der Waals surface area (Å²) in [7, 11) is -1.24. The Kier molecular flexibility index (Phi) is 6.64. The lowest BCUT2D eigenvalue weighted by Gasteiger charge is -2.41. The van der Waals surface area contributed by atoms with Gasteiger partial charge >= 0.3 is 7.12 Å². The molecule has 2 atom stereocenters. The molecule has 0 aromatic carbocycles. The van der Waals surface area contributed by atoms with E-state index >= 15 is 0 Å². The maximum atomic E-state index is 9.69. The summed E-state index contributed by atoms with van der Waals surface area (Å²) < 4.78 is 5.39. The molecule has 106 valence electrons. The second-order valence-corrected chi connectivity index (χ2v) is 6.08. The largest absolute Gasteiger partial charge is 0.456 e. The molecule has 4 nitrogen and oxygen atoms in total. The van der Waals surface area contributed by atoms with Crippen molar-refractivity contribution >= 4 is 7.12 Å². The van der Waals surface area contributed by atoms with E-state index in [4.69, 9.17) is 4.74 Å². The van der Waals surface area contributed by atoms with E-state index in [9.17, 15) is 10.0 Å².